The Bertz CT molecular complexity index is 589. The van der Waals surface area contributed by atoms with Crippen LogP contribution >= 0.6 is 0 Å². The zero-order valence-electron chi connectivity index (χ0n) is 10.6. The predicted octanol–water partition coefficient (Wildman–Crippen LogP) is 2.97. The smallest absolute Gasteiger partial charge is 0.123 e. The van der Waals surface area contributed by atoms with Crippen LogP contribution in [0.4, 0.5) is 10.1 Å². The maximum Gasteiger partial charge on any atom is 0.123 e. The number of hydrogen-bond donors (Lipinski definition) is 1. The SMILES string of the molecule is Cc1nn(C)cc1NC1CCc2cc(F)ccc21. The molecular weight excluding hydrogens is 229 g/mol. The van der Waals surface area contributed by atoms with Gasteiger partial charge in [0.2, 0.25) is 0 Å². The normalized spacial score (nSPS) is 17.8. The molecule has 1 heterocycles. The second kappa shape index (κ2) is 4.12. The number of halogens is 1. The van der Waals surface area contributed by atoms with Crippen LogP contribution in [0.25, 0.3) is 0 Å². The number of anilines is 1. The maximum atomic E-state index is 13.1. The molecule has 1 aliphatic rings. The molecule has 1 aromatic carbocycles. The van der Waals surface area contributed by atoms with Gasteiger partial charge in [0, 0.05) is 13.2 Å². The first-order valence-electron chi connectivity index (χ1n) is 6.18. The van der Waals surface area contributed by atoms with Gasteiger partial charge in [0.05, 0.1) is 17.4 Å². The number of fused-ring (bicyclic) bond motifs is 1. The monoisotopic (exact) mass is 245 g/mol. The summed E-state index contributed by atoms with van der Waals surface area (Å²) < 4.78 is 15.0. The third-order valence-corrected chi connectivity index (χ3v) is 3.53. The van der Waals surface area contributed by atoms with Crippen LogP contribution in [-0.2, 0) is 13.5 Å². The number of rotatable bonds is 2. The Morgan fingerprint density at radius 3 is 3.00 bits per heavy atom. The first-order chi connectivity index (χ1) is 8.63. The van der Waals surface area contributed by atoms with Crippen LogP contribution in [-0.4, -0.2) is 9.78 Å². The molecule has 0 bridgehead atoms. The minimum absolute atomic E-state index is 0.146. The van der Waals surface area contributed by atoms with Crippen molar-refractivity contribution in [2.75, 3.05) is 5.32 Å². The van der Waals surface area contributed by atoms with Gasteiger partial charge in [0.25, 0.3) is 0 Å². The molecule has 1 aliphatic carbocycles. The molecule has 0 amide bonds. The van der Waals surface area contributed by atoms with Crippen LogP contribution in [0, 0.1) is 12.7 Å². The summed E-state index contributed by atoms with van der Waals surface area (Å²) in [7, 11) is 1.91. The number of nitrogens with zero attached hydrogens (tertiary/aromatic N) is 2. The lowest BCUT2D eigenvalue weighted by molar-refractivity contribution is 0.626. The molecule has 0 saturated heterocycles. The van der Waals surface area contributed by atoms with E-state index in [9.17, 15) is 4.39 Å². The molecule has 1 aromatic heterocycles. The van der Waals surface area contributed by atoms with Crippen molar-refractivity contribution < 1.29 is 4.39 Å². The second-order valence-electron chi connectivity index (χ2n) is 4.88. The van der Waals surface area contributed by atoms with E-state index in [-0.39, 0.29) is 11.9 Å². The minimum atomic E-state index is -0.146. The molecule has 0 saturated carbocycles. The molecule has 0 fully saturated rings. The van der Waals surface area contributed by atoms with Gasteiger partial charge in [-0.1, -0.05) is 6.07 Å². The average Bonchev–Trinajstić information content (AvgIpc) is 2.84. The summed E-state index contributed by atoms with van der Waals surface area (Å²) in [5, 5.41) is 7.82. The van der Waals surface area contributed by atoms with Crippen molar-refractivity contribution in [3.05, 3.63) is 47.0 Å². The molecule has 1 N–H and O–H groups in total. The molecule has 3 rings (SSSR count). The van der Waals surface area contributed by atoms with Crippen LogP contribution in [0.1, 0.15) is 29.3 Å². The van der Waals surface area contributed by atoms with E-state index in [1.807, 2.05) is 26.2 Å². The van der Waals surface area contributed by atoms with Crippen LogP contribution in [0.2, 0.25) is 0 Å². The highest BCUT2D eigenvalue weighted by Gasteiger charge is 2.23. The number of hydrogen-bond acceptors (Lipinski definition) is 2. The van der Waals surface area contributed by atoms with E-state index in [2.05, 4.69) is 10.4 Å². The second-order valence-corrected chi connectivity index (χ2v) is 4.88. The number of nitrogens with one attached hydrogen (secondary N) is 1. The highest BCUT2D eigenvalue weighted by atomic mass is 19.1. The third-order valence-electron chi connectivity index (χ3n) is 3.53. The molecule has 2 aromatic rings. The van der Waals surface area contributed by atoms with E-state index in [1.54, 1.807) is 10.7 Å². The van der Waals surface area contributed by atoms with Crippen molar-refractivity contribution in [2.45, 2.75) is 25.8 Å². The van der Waals surface area contributed by atoms with Crippen molar-refractivity contribution in [1.29, 1.82) is 0 Å². The molecular formula is C14H16FN3. The topological polar surface area (TPSA) is 29.9 Å². The zero-order chi connectivity index (χ0) is 12.7. The van der Waals surface area contributed by atoms with Crippen molar-refractivity contribution in [3.8, 4) is 0 Å². The minimum Gasteiger partial charge on any atom is -0.375 e. The molecule has 18 heavy (non-hydrogen) atoms. The third kappa shape index (κ3) is 1.88. The first kappa shape index (κ1) is 11.3. The van der Waals surface area contributed by atoms with Crippen LogP contribution in [0.3, 0.4) is 0 Å². The lowest BCUT2D eigenvalue weighted by Crippen LogP contribution is -2.07. The Hall–Kier alpha value is -1.84. The van der Waals surface area contributed by atoms with Gasteiger partial charge in [-0.25, -0.2) is 4.39 Å². The van der Waals surface area contributed by atoms with Gasteiger partial charge < -0.3 is 5.32 Å². The molecule has 1 unspecified atom stereocenters. The van der Waals surface area contributed by atoms with Gasteiger partial charge in [-0.15, -0.1) is 0 Å². The summed E-state index contributed by atoms with van der Waals surface area (Å²) in [5.41, 5.74) is 4.38. The fourth-order valence-electron chi connectivity index (χ4n) is 2.67. The summed E-state index contributed by atoms with van der Waals surface area (Å²) in [4.78, 5) is 0. The molecule has 4 heteroatoms. The Morgan fingerprint density at radius 1 is 1.44 bits per heavy atom. The summed E-state index contributed by atoms with van der Waals surface area (Å²) in [5.74, 6) is -0.146. The van der Waals surface area contributed by atoms with Crippen LogP contribution in [0.5, 0.6) is 0 Å². The Kier molecular flexibility index (Phi) is 2.58. The van der Waals surface area contributed by atoms with Gasteiger partial charge in [-0.05, 0) is 43.0 Å². The standard InChI is InChI=1S/C14H16FN3/c1-9-14(8-18(2)17-9)16-13-6-3-10-7-11(15)4-5-12(10)13/h4-5,7-8,13,16H,3,6H2,1-2H3. The molecule has 0 radical (unpaired) electrons. The molecule has 0 aliphatic heterocycles. The van der Waals surface area contributed by atoms with E-state index < -0.39 is 0 Å². The summed E-state index contributed by atoms with van der Waals surface area (Å²) in [6, 6.07) is 5.34. The lowest BCUT2D eigenvalue weighted by Gasteiger charge is -2.14. The van der Waals surface area contributed by atoms with Crippen molar-refractivity contribution in [1.82, 2.24) is 9.78 Å². The van der Waals surface area contributed by atoms with E-state index >= 15 is 0 Å². The van der Waals surface area contributed by atoms with Gasteiger partial charge in [-0.2, -0.15) is 5.10 Å². The molecule has 1 atom stereocenters. The quantitative estimate of drug-likeness (QED) is 0.881. The fourth-order valence-corrected chi connectivity index (χ4v) is 2.67. The zero-order valence-corrected chi connectivity index (χ0v) is 10.6. The first-order valence-corrected chi connectivity index (χ1v) is 6.18. The highest BCUT2D eigenvalue weighted by molar-refractivity contribution is 5.50. The van der Waals surface area contributed by atoms with Crippen molar-refractivity contribution in [3.63, 3.8) is 0 Å². The summed E-state index contributed by atoms with van der Waals surface area (Å²) in [6.45, 7) is 1.99. The fraction of sp³-hybridized carbons (Fsp3) is 0.357. The van der Waals surface area contributed by atoms with Gasteiger partial charge >= 0.3 is 0 Å². The summed E-state index contributed by atoms with van der Waals surface area (Å²) in [6.07, 6.45) is 3.92. The van der Waals surface area contributed by atoms with Gasteiger partial charge in [0.15, 0.2) is 0 Å². The lowest BCUT2D eigenvalue weighted by atomic mass is 10.1. The molecule has 3 nitrogen and oxygen atoms in total. The van der Waals surface area contributed by atoms with E-state index in [0.717, 1.165) is 29.8 Å². The van der Waals surface area contributed by atoms with Gasteiger partial charge in [-0.3, -0.25) is 4.68 Å². The van der Waals surface area contributed by atoms with E-state index in [0.29, 0.717) is 0 Å². The Morgan fingerprint density at radius 2 is 2.28 bits per heavy atom. The Balaban J connectivity index is 1.87. The number of aryl methyl sites for hydroxylation is 3. The number of aromatic nitrogens is 2. The highest BCUT2D eigenvalue weighted by Crippen LogP contribution is 2.34. The average molecular weight is 245 g/mol. The van der Waals surface area contributed by atoms with Crippen molar-refractivity contribution in [2.24, 2.45) is 7.05 Å². The van der Waals surface area contributed by atoms with E-state index in [1.165, 1.54) is 11.6 Å². The maximum absolute atomic E-state index is 13.1. The predicted molar refractivity (Wildman–Crippen MR) is 69.0 cm³/mol. The Labute approximate surface area is 106 Å². The molecule has 94 valence electrons. The van der Waals surface area contributed by atoms with E-state index in [4.69, 9.17) is 0 Å². The number of benzene rings is 1. The van der Waals surface area contributed by atoms with Gasteiger partial charge in [0.1, 0.15) is 5.82 Å². The molecule has 0 spiro atoms. The largest absolute Gasteiger partial charge is 0.375 e. The van der Waals surface area contributed by atoms with Crippen molar-refractivity contribution >= 4 is 5.69 Å². The summed E-state index contributed by atoms with van der Waals surface area (Å²) >= 11 is 0. The van der Waals surface area contributed by atoms with Crippen LogP contribution in [0.15, 0.2) is 24.4 Å². The van der Waals surface area contributed by atoms with Crippen LogP contribution < -0.4 is 5.32 Å².